The number of hydrogen-bond donors (Lipinski definition) is 1. The zero-order valence-corrected chi connectivity index (χ0v) is 9.46. The molecule has 1 heterocycles. The molecule has 0 aromatic rings. The topological polar surface area (TPSA) is 12.0 Å². The summed E-state index contributed by atoms with van der Waals surface area (Å²) in [5, 5.41) is 3.48. The average Bonchev–Trinajstić information content (AvgIpc) is 2.56. The second-order valence-corrected chi connectivity index (χ2v) is 5.68. The quantitative estimate of drug-likeness (QED) is 0.746. The predicted octanol–water partition coefficient (Wildman–Crippen LogP) is 2.52. The summed E-state index contributed by atoms with van der Waals surface area (Å²) in [4.78, 5) is 0. The fourth-order valence-electron chi connectivity index (χ4n) is 2.96. The third kappa shape index (κ3) is 1.89. The van der Waals surface area contributed by atoms with Crippen molar-refractivity contribution < 1.29 is 0 Å². The molecule has 0 spiro atoms. The van der Waals surface area contributed by atoms with Gasteiger partial charge in [0.2, 0.25) is 0 Å². The van der Waals surface area contributed by atoms with Gasteiger partial charge in [0.15, 0.2) is 0 Å². The molecule has 1 aliphatic heterocycles. The Morgan fingerprint density at radius 1 is 1.31 bits per heavy atom. The van der Waals surface area contributed by atoms with Crippen molar-refractivity contribution in [3.05, 3.63) is 0 Å². The maximum absolute atomic E-state index is 3.48. The predicted molar refractivity (Wildman–Crippen MR) is 60.3 cm³/mol. The van der Waals surface area contributed by atoms with E-state index in [2.05, 4.69) is 11.6 Å². The van der Waals surface area contributed by atoms with E-state index in [0.29, 0.717) is 0 Å². The fourth-order valence-corrected chi connectivity index (χ4v) is 3.57. The first kappa shape index (κ1) is 9.85. The van der Waals surface area contributed by atoms with Gasteiger partial charge in [-0.05, 0) is 42.6 Å². The van der Waals surface area contributed by atoms with Crippen molar-refractivity contribution in [2.45, 2.75) is 32.1 Å². The summed E-state index contributed by atoms with van der Waals surface area (Å²) in [6, 6.07) is 0. The largest absolute Gasteiger partial charge is 0.316 e. The Labute approximate surface area is 86.0 Å². The Bertz CT molecular complexity index is 159. The van der Waals surface area contributed by atoms with Crippen molar-refractivity contribution in [3.8, 4) is 0 Å². The smallest absolute Gasteiger partial charge is 0.00232 e. The molecule has 1 N–H and O–H groups in total. The van der Waals surface area contributed by atoms with Gasteiger partial charge in [0.05, 0.1) is 0 Å². The van der Waals surface area contributed by atoms with Crippen LogP contribution < -0.4 is 5.32 Å². The first-order valence-corrected chi connectivity index (χ1v) is 6.96. The van der Waals surface area contributed by atoms with E-state index in [1.165, 1.54) is 50.9 Å². The molecule has 1 saturated carbocycles. The van der Waals surface area contributed by atoms with E-state index in [0.717, 1.165) is 11.3 Å². The summed E-state index contributed by atoms with van der Waals surface area (Å²) in [6.45, 7) is 2.61. The third-order valence-corrected chi connectivity index (χ3v) is 4.59. The van der Waals surface area contributed by atoms with Crippen LogP contribution in [0.1, 0.15) is 32.1 Å². The zero-order valence-electron chi connectivity index (χ0n) is 8.64. The minimum Gasteiger partial charge on any atom is -0.316 e. The molecular formula is C11H21NS. The number of thioether (sulfide) groups is 1. The highest BCUT2D eigenvalue weighted by atomic mass is 32.2. The monoisotopic (exact) mass is 199 g/mol. The molecule has 1 saturated heterocycles. The van der Waals surface area contributed by atoms with Gasteiger partial charge >= 0.3 is 0 Å². The lowest BCUT2D eigenvalue weighted by molar-refractivity contribution is 0.0776. The molecule has 76 valence electrons. The minimum absolute atomic E-state index is 0.722. The van der Waals surface area contributed by atoms with Gasteiger partial charge in [-0.1, -0.05) is 12.8 Å². The maximum atomic E-state index is 3.48. The van der Waals surface area contributed by atoms with Crippen LogP contribution in [0, 0.1) is 11.3 Å². The van der Waals surface area contributed by atoms with Crippen LogP contribution in [0.2, 0.25) is 0 Å². The molecule has 0 aromatic carbocycles. The van der Waals surface area contributed by atoms with Gasteiger partial charge < -0.3 is 5.32 Å². The van der Waals surface area contributed by atoms with Crippen molar-refractivity contribution in [2.24, 2.45) is 11.3 Å². The van der Waals surface area contributed by atoms with Crippen LogP contribution >= 0.6 is 11.8 Å². The van der Waals surface area contributed by atoms with Gasteiger partial charge in [-0.3, -0.25) is 0 Å². The second kappa shape index (κ2) is 4.22. The standard InChI is InChI=1S/C11H21NS/c1-13-7-6-11(8-12-9-11)10-4-2-3-5-10/h10,12H,2-9H2,1H3. The van der Waals surface area contributed by atoms with Crippen LogP contribution in [-0.4, -0.2) is 25.1 Å². The summed E-state index contributed by atoms with van der Waals surface area (Å²) in [5.74, 6) is 2.42. The Hall–Kier alpha value is 0.310. The van der Waals surface area contributed by atoms with Crippen LogP contribution in [0.4, 0.5) is 0 Å². The lowest BCUT2D eigenvalue weighted by Gasteiger charge is -2.47. The van der Waals surface area contributed by atoms with E-state index >= 15 is 0 Å². The van der Waals surface area contributed by atoms with E-state index < -0.39 is 0 Å². The van der Waals surface area contributed by atoms with E-state index in [1.807, 2.05) is 11.8 Å². The molecule has 0 radical (unpaired) electrons. The number of rotatable bonds is 4. The molecule has 2 fully saturated rings. The first-order valence-electron chi connectivity index (χ1n) is 5.57. The summed E-state index contributed by atoms with van der Waals surface area (Å²) in [7, 11) is 0. The lowest BCUT2D eigenvalue weighted by atomic mass is 9.68. The van der Waals surface area contributed by atoms with E-state index in [9.17, 15) is 0 Å². The van der Waals surface area contributed by atoms with Crippen LogP contribution in [0.3, 0.4) is 0 Å². The summed E-state index contributed by atoms with van der Waals surface area (Å²) >= 11 is 2.01. The molecular weight excluding hydrogens is 178 g/mol. The Morgan fingerprint density at radius 2 is 2.00 bits per heavy atom. The highest BCUT2D eigenvalue weighted by molar-refractivity contribution is 7.98. The first-order chi connectivity index (χ1) is 6.37. The van der Waals surface area contributed by atoms with Gasteiger partial charge in [0, 0.05) is 13.1 Å². The van der Waals surface area contributed by atoms with Crippen molar-refractivity contribution in [3.63, 3.8) is 0 Å². The molecule has 1 nitrogen and oxygen atoms in total. The molecule has 0 bridgehead atoms. The number of hydrogen-bond acceptors (Lipinski definition) is 2. The SMILES string of the molecule is CSCCC1(C2CCCC2)CNC1. The zero-order chi connectivity index (χ0) is 9.15. The maximum Gasteiger partial charge on any atom is 0.00232 e. The molecule has 0 aromatic heterocycles. The van der Waals surface area contributed by atoms with Crippen LogP contribution in [-0.2, 0) is 0 Å². The van der Waals surface area contributed by atoms with Crippen molar-refractivity contribution in [1.29, 1.82) is 0 Å². The Kier molecular flexibility index (Phi) is 3.20. The van der Waals surface area contributed by atoms with E-state index in [1.54, 1.807) is 0 Å². The molecule has 2 aliphatic rings. The van der Waals surface area contributed by atoms with Gasteiger partial charge in [-0.2, -0.15) is 11.8 Å². The third-order valence-electron chi connectivity index (χ3n) is 3.98. The number of nitrogens with one attached hydrogen (secondary N) is 1. The summed E-state index contributed by atoms with van der Waals surface area (Å²) in [5.41, 5.74) is 0.722. The van der Waals surface area contributed by atoms with Crippen molar-refractivity contribution >= 4 is 11.8 Å². The Morgan fingerprint density at radius 3 is 2.46 bits per heavy atom. The molecule has 0 amide bonds. The fraction of sp³-hybridized carbons (Fsp3) is 1.00. The molecule has 0 atom stereocenters. The highest BCUT2D eigenvalue weighted by Gasteiger charge is 2.43. The molecule has 1 aliphatic carbocycles. The van der Waals surface area contributed by atoms with Crippen molar-refractivity contribution in [2.75, 3.05) is 25.1 Å². The van der Waals surface area contributed by atoms with E-state index in [-0.39, 0.29) is 0 Å². The van der Waals surface area contributed by atoms with Gasteiger partial charge in [0.1, 0.15) is 0 Å². The average molecular weight is 199 g/mol. The molecule has 2 heteroatoms. The summed E-state index contributed by atoms with van der Waals surface area (Å²) in [6.07, 6.45) is 9.68. The second-order valence-electron chi connectivity index (χ2n) is 4.69. The lowest BCUT2D eigenvalue weighted by Crippen LogP contribution is -2.57. The van der Waals surface area contributed by atoms with Gasteiger partial charge in [0.25, 0.3) is 0 Å². The highest BCUT2D eigenvalue weighted by Crippen LogP contribution is 2.45. The molecule has 2 rings (SSSR count). The normalized spacial score (nSPS) is 27.5. The minimum atomic E-state index is 0.722. The van der Waals surface area contributed by atoms with Crippen molar-refractivity contribution in [1.82, 2.24) is 5.32 Å². The van der Waals surface area contributed by atoms with Gasteiger partial charge in [-0.15, -0.1) is 0 Å². The van der Waals surface area contributed by atoms with Gasteiger partial charge in [-0.25, -0.2) is 0 Å². The van der Waals surface area contributed by atoms with Crippen LogP contribution in [0.15, 0.2) is 0 Å². The molecule has 0 unspecified atom stereocenters. The summed E-state index contributed by atoms with van der Waals surface area (Å²) < 4.78 is 0. The van der Waals surface area contributed by atoms with Crippen LogP contribution in [0.5, 0.6) is 0 Å². The Balaban J connectivity index is 1.89. The molecule has 13 heavy (non-hydrogen) atoms. The van der Waals surface area contributed by atoms with E-state index in [4.69, 9.17) is 0 Å². The van der Waals surface area contributed by atoms with Crippen LogP contribution in [0.25, 0.3) is 0 Å².